The first kappa shape index (κ1) is 7.57. The molecule has 66 valence electrons. The summed E-state index contributed by atoms with van der Waals surface area (Å²) >= 11 is 0. The van der Waals surface area contributed by atoms with Crippen molar-refractivity contribution in [1.29, 1.82) is 0 Å². The summed E-state index contributed by atoms with van der Waals surface area (Å²) in [6.45, 7) is 0. The fraction of sp³-hybridized carbons (Fsp3) is 0. The molecule has 0 fully saturated rings. The predicted octanol–water partition coefficient (Wildman–Crippen LogP) is 3.68. The zero-order valence-electron chi connectivity index (χ0n) is 7.77. The Labute approximate surface area is 83.6 Å². The van der Waals surface area contributed by atoms with Crippen LogP contribution in [0.5, 0.6) is 0 Å². The normalized spacial score (nSPS) is 24.4. The summed E-state index contributed by atoms with van der Waals surface area (Å²) in [7, 11) is 0. The molecule has 3 rings (SSSR count). The fourth-order valence-corrected chi connectivity index (χ4v) is 1.98. The highest BCUT2D eigenvalue weighted by molar-refractivity contribution is 5.94. The molecule has 0 aromatic heterocycles. The lowest BCUT2D eigenvalue weighted by Gasteiger charge is -2.06. The van der Waals surface area contributed by atoms with Gasteiger partial charge in [0.1, 0.15) is 0 Å². The van der Waals surface area contributed by atoms with E-state index in [1.165, 1.54) is 22.3 Å². The number of allylic oxidation sites excluding steroid dienone is 6. The third kappa shape index (κ3) is 1.01. The monoisotopic (exact) mass is 178 g/mol. The van der Waals surface area contributed by atoms with Crippen LogP contribution < -0.4 is 0 Å². The first-order chi connectivity index (χ1) is 6.95. The molecule has 1 aromatic carbocycles. The molecule has 0 nitrogen and oxygen atoms in total. The summed E-state index contributed by atoms with van der Waals surface area (Å²) in [6.07, 6.45) is 14.9. The van der Waals surface area contributed by atoms with E-state index in [4.69, 9.17) is 0 Å². The lowest BCUT2D eigenvalue weighted by atomic mass is 9.97. The van der Waals surface area contributed by atoms with E-state index >= 15 is 0 Å². The topological polar surface area (TPSA) is 0 Å². The highest BCUT2D eigenvalue weighted by atomic mass is 14.2. The lowest BCUT2D eigenvalue weighted by molar-refractivity contribution is 1.57. The molecule has 2 aliphatic carbocycles. The van der Waals surface area contributed by atoms with Crippen molar-refractivity contribution in [2.45, 2.75) is 0 Å². The summed E-state index contributed by atoms with van der Waals surface area (Å²) in [4.78, 5) is 0. The molecule has 0 saturated carbocycles. The predicted molar refractivity (Wildman–Crippen MR) is 61.6 cm³/mol. The molecule has 0 N–H and O–H groups in total. The van der Waals surface area contributed by atoms with Crippen molar-refractivity contribution in [3.8, 4) is 0 Å². The highest BCUT2D eigenvalue weighted by Gasteiger charge is 2.12. The Balaban J connectivity index is 2.36. The van der Waals surface area contributed by atoms with Gasteiger partial charge in [0.25, 0.3) is 0 Å². The molecule has 0 heterocycles. The molecule has 0 spiro atoms. The Morgan fingerprint density at radius 2 is 1.57 bits per heavy atom. The van der Waals surface area contributed by atoms with Gasteiger partial charge in [0, 0.05) is 0 Å². The van der Waals surface area contributed by atoms with Crippen LogP contribution in [0.15, 0.2) is 48.6 Å². The van der Waals surface area contributed by atoms with Gasteiger partial charge in [-0.2, -0.15) is 0 Å². The van der Waals surface area contributed by atoms with Crippen LogP contribution in [-0.2, 0) is 0 Å². The Hall–Kier alpha value is -1.82. The van der Waals surface area contributed by atoms with Crippen LogP contribution in [0.25, 0.3) is 17.7 Å². The van der Waals surface area contributed by atoms with Crippen LogP contribution in [0, 0.1) is 0 Å². The smallest absolute Gasteiger partial charge is 0.00389 e. The standard InChI is InChI=1S/C14H10/c1-2-5-11-7-4-8-13-10-9-12(6-3-1)14(11)13/h1-10H/b2-1?,3-1-,5-2-,6-3?,11-5?,12-6-. The molecule has 0 saturated heterocycles. The van der Waals surface area contributed by atoms with Gasteiger partial charge in [0.05, 0.1) is 0 Å². The molecule has 0 atom stereocenters. The zero-order valence-corrected chi connectivity index (χ0v) is 7.77. The maximum atomic E-state index is 2.18. The second kappa shape index (κ2) is 2.85. The first-order valence-corrected chi connectivity index (χ1v) is 4.82. The number of benzene rings is 1. The van der Waals surface area contributed by atoms with E-state index in [1.54, 1.807) is 0 Å². The summed E-state index contributed by atoms with van der Waals surface area (Å²) in [6, 6.07) is 6.43. The second-order valence-electron chi connectivity index (χ2n) is 3.51. The molecule has 14 heavy (non-hydrogen) atoms. The zero-order chi connectivity index (χ0) is 9.38. The van der Waals surface area contributed by atoms with Crippen LogP contribution in [0.4, 0.5) is 0 Å². The van der Waals surface area contributed by atoms with E-state index in [1.807, 2.05) is 0 Å². The third-order valence-corrected chi connectivity index (χ3v) is 2.63. The molecule has 0 aliphatic heterocycles. The lowest BCUT2D eigenvalue weighted by Crippen LogP contribution is -1.87. The average molecular weight is 178 g/mol. The summed E-state index contributed by atoms with van der Waals surface area (Å²) in [5.41, 5.74) is 5.32. The van der Waals surface area contributed by atoms with Gasteiger partial charge in [0.2, 0.25) is 0 Å². The molecule has 1 aromatic rings. The molecule has 0 unspecified atom stereocenters. The Morgan fingerprint density at radius 3 is 2.50 bits per heavy atom. The minimum Gasteiger partial charge on any atom is -0.0622 e. The molecule has 2 aliphatic rings. The SMILES string of the molecule is C1=Cc2cccc3c2\C1=C/C=C\C=C/3. The van der Waals surface area contributed by atoms with Crippen molar-refractivity contribution in [2.24, 2.45) is 0 Å². The van der Waals surface area contributed by atoms with Gasteiger partial charge in [-0.05, 0) is 22.3 Å². The molecular weight excluding hydrogens is 168 g/mol. The van der Waals surface area contributed by atoms with Crippen molar-refractivity contribution in [3.05, 3.63) is 65.3 Å². The quantitative estimate of drug-likeness (QED) is 0.568. The van der Waals surface area contributed by atoms with Gasteiger partial charge >= 0.3 is 0 Å². The van der Waals surface area contributed by atoms with Gasteiger partial charge in [-0.1, -0.05) is 60.7 Å². The minimum atomic E-state index is 1.31. The molecule has 0 bridgehead atoms. The summed E-state index contributed by atoms with van der Waals surface area (Å²) < 4.78 is 0. The fourth-order valence-electron chi connectivity index (χ4n) is 1.98. The van der Waals surface area contributed by atoms with E-state index < -0.39 is 0 Å². The van der Waals surface area contributed by atoms with E-state index in [0.717, 1.165) is 0 Å². The molecule has 0 amide bonds. The highest BCUT2D eigenvalue weighted by Crippen LogP contribution is 2.33. The van der Waals surface area contributed by atoms with Gasteiger partial charge < -0.3 is 0 Å². The first-order valence-electron chi connectivity index (χ1n) is 4.82. The molecule has 0 heteroatoms. The number of hydrogen-bond acceptors (Lipinski definition) is 0. The van der Waals surface area contributed by atoms with Crippen LogP contribution in [-0.4, -0.2) is 0 Å². The van der Waals surface area contributed by atoms with Crippen molar-refractivity contribution >= 4 is 17.7 Å². The Bertz CT molecular complexity index is 497. The Kier molecular flexibility index (Phi) is 1.54. The maximum Gasteiger partial charge on any atom is -0.00389 e. The van der Waals surface area contributed by atoms with Crippen LogP contribution in [0.2, 0.25) is 0 Å². The molecular formula is C14H10. The average Bonchev–Trinajstić information content (AvgIpc) is 2.57. The maximum absolute atomic E-state index is 2.18. The number of hydrogen-bond donors (Lipinski definition) is 0. The summed E-state index contributed by atoms with van der Waals surface area (Å²) in [5, 5.41) is 0. The Morgan fingerprint density at radius 1 is 0.714 bits per heavy atom. The number of rotatable bonds is 0. The van der Waals surface area contributed by atoms with Crippen molar-refractivity contribution < 1.29 is 0 Å². The van der Waals surface area contributed by atoms with Crippen LogP contribution in [0.3, 0.4) is 0 Å². The van der Waals surface area contributed by atoms with Gasteiger partial charge in [-0.15, -0.1) is 0 Å². The van der Waals surface area contributed by atoms with E-state index in [2.05, 4.69) is 60.7 Å². The van der Waals surface area contributed by atoms with Crippen LogP contribution >= 0.6 is 0 Å². The van der Waals surface area contributed by atoms with Crippen molar-refractivity contribution in [3.63, 3.8) is 0 Å². The third-order valence-electron chi connectivity index (χ3n) is 2.63. The van der Waals surface area contributed by atoms with Crippen molar-refractivity contribution in [1.82, 2.24) is 0 Å². The van der Waals surface area contributed by atoms with E-state index in [0.29, 0.717) is 0 Å². The largest absolute Gasteiger partial charge is 0.0622 e. The van der Waals surface area contributed by atoms with Crippen LogP contribution in [0.1, 0.15) is 16.7 Å². The van der Waals surface area contributed by atoms with Gasteiger partial charge in [-0.3, -0.25) is 0 Å². The summed E-state index contributed by atoms with van der Waals surface area (Å²) in [5.74, 6) is 0. The van der Waals surface area contributed by atoms with Gasteiger partial charge in [-0.25, -0.2) is 0 Å². The van der Waals surface area contributed by atoms with E-state index in [-0.39, 0.29) is 0 Å². The second-order valence-corrected chi connectivity index (χ2v) is 3.51. The van der Waals surface area contributed by atoms with E-state index in [9.17, 15) is 0 Å². The minimum absolute atomic E-state index is 1.31. The van der Waals surface area contributed by atoms with Crippen molar-refractivity contribution in [2.75, 3.05) is 0 Å². The van der Waals surface area contributed by atoms with Gasteiger partial charge in [0.15, 0.2) is 0 Å². The molecule has 0 radical (unpaired) electrons.